The van der Waals surface area contributed by atoms with E-state index < -0.39 is 17.8 Å². The Bertz CT molecular complexity index is 577. The van der Waals surface area contributed by atoms with Crippen LogP contribution in [-0.4, -0.2) is 43.1 Å². The predicted octanol–water partition coefficient (Wildman–Crippen LogP) is 2.99. The Morgan fingerprint density at radius 2 is 1.88 bits per heavy atom. The standard InChI is InChI=1S/C19H28N2O5/c1-19(2,3)26-18(23)21-15-9-10-16(24-13-15)11-20-17(22)25-12-14-7-5-4-6-8-14/h4-8,15-16H,9-13H2,1-3H3,(H,20,22)(H,21,23)/t15-,16-/m1/s1. The van der Waals surface area contributed by atoms with Crippen molar-refractivity contribution >= 4 is 12.2 Å². The van der Waals surface area contributed by atoms with Crippen molar-refractivity contribution in [1.82, 2.24) is 10.6 Å². The summed E-state index contributed by atoms with van der Waals surface area (Å²) < 4.78 is 16.1. The van der Waals surface area contributed by atoms with Gasteiger partial charge in [0.25, 0.3) is 0 Å². The van der Waals surface area contributed by atoms with Crippen LogP contribution in [0.15, 0.2) is 30.3 Å². The van der Waals surface area contributed by atoms with E-state index in [9.17, 15) is 9.59 Å². The summed E-state index contributed by atoms with van der Waals surface area (Å²) in [5.74, 6) is 0. The van der Waals surface area contributed by atoms with Crippen LogP contribution in [0.2, 0.25) is 0 Å². The summed E-state index contributed by atoms with van der Waals surface area (Å²) in [6, 6.07) is 9.42. The molecule has 0 bridgehead atoms. The molecule has 1 saturated heterocycles. The number of ether oxygens (including phenoxy) is 3. The van der Waals surface area contributed by atoms with Crippen LogP contribution in [0.1, 0.15) is 39.2 Å². The molecule has 2 N–H and O–H groups in total. The van der Waals surface area contributed by atoms with Gasteiger partial charge in [0, 0.05) is 6.54 Å². The summed E-state index contributed by atoms with van der Waals surface area (Å²) in [5, 5.41) is 5.51. The Kier molecular flexibility index (Phi) is 7.26. The molecule has 2 atom stereocenters. The van der Waals surface area contributed by atoms with Crippen LogP contribution >= 0.6 is 0 Å². The van der Waals surface area contributed by atoms with Crippen molar-refractivity contribution < 1.29 is 23.8 Å². The van der Waals surface area contributed by atoms with Gasteiger partial charge in [0.15, 0.2) is 0 Å². The maximum Gasteiger partial charge on any atom is 0.407 e. The monoisotopic (exact) mass is 364 g/mol. The average Bonchev–Trinajstić information content (AvgIpc) is 2.58. The highest BCUT2D eigenvalue weighted by Crippen LogP contribution is 2.14. The van der Waals surface area contributed by atoms with Crippen molar-refractivity contribution in [2.24, 2.45) is 0 Å². The van der Waals surface area contributed by atoms with Crippen LogP contribution in [0, 0.1) is 0 Å². The van der Waals surface area contributed by atoms with Crippen LogP contribution in [0.5, 0.6) is 0 Å². The van der Waals surface area contributed by atoms with Gasteiger partial charge in [-0.05, 0) is 39.2 Å². The quantitative estimate of drug-likeness (QED) is 0.839. The normalized spacial score (nSPS) is 20.1. The number of benzene rings is 1. The lowest BCUT2D eigenvalue weighted by atomic mass is 10.1. The fraction of sp³-hybridized carbons (Fsp3) is 0.579. The molecule has 1 aliphatic rings. The molecule has 2 amide bonds. The molecule has 0 aliphatic carbocycles. The number of alkyl carbamates (subject to hydrolysis) is 2. The SMILES string of the molecule is CC(C)(C)OC(=O)N[C@@H]1CC[C@H](CNC(=O)OCc2ccccc2)OC1. The van der Waals surface area contributed by atoms with Gasteiger partial charge in [-0.3, -0.25) is 0 Å². The molecule has 1 aliphatic heterocycles. The van der Waals surface area contributed by atoms with E-state index in [1.165, 1.54) is 0 Å². The van der Waals surface area contributed by atoms with Crippen molar-refractivity contribution in [2.45, 2.75) is 58.0 Å². The van der Waals surface area contributed by atoms with E-state index in [1.54, 1.807) is 0 Å². The second-order valence-electron chi connectivity index (χ2n) is 7.32. The highest BCUT2D eigenvalue weighted by molar-refractivity contribution is 5.68. The Balaban J connectivity index is 1.60. The molecule has 1 heterocycles. The van der Waals surface area contributed by atoms with Gasteiger partial charge in [0.1, 0.15) is 12.2 Å². The van der Waals surface area contributed by atoms with E-state index in [4.69, 9.17) is 14.2 Å². The Hall–Kier alpha value is -2.28. The summed E-state index contributed by atoms with van der Waals surface area (Å²) in [4.78, 5) is 23.5. The molecule has 7 heteroatoms. The first-order valence-electron chi connectivity index (χ1n) is 8.87. The fourth-order valence-electron chi connectivity index (χ4n) is 2.53. The van der Waals surface area contributed by atoms with Crippen molar-refractivity contribution in [1.29, 1.82) is 0 Å². The molecule has 1 fully saturated rings. The molecule has 144 valence electrons. The highest BCUT2D eigenvalue weighted by Gasteiger charge is 2.25. The third-order valence-electron chi connectivity index (χ3n) is 3.78. The number of carbonyl (C=O) groups excluding carboxylic acids is 2. The predicted molar refractivity (Wildman–Crippen MR) is 96.8 cm³/mol. The molecule has 0 saturated carbocycles. The third-order valence-corrected chi connectivity index (χ3v) is 3.78. The van der Waals surface area contributed by atoms with Crippen molar-refractivity contribution in [2.75, 3.05) is 13.2 Å². The van der Waals surface area contributed by atoms with E-state index >= 15 is 0 Å². The minimum absolute atomic E-state index is 0.0777. The zero-order valence-electron chi connectivity index (χ0n) is 15.6. The van der Waals surface area contributed by atoms with Gasteiger partial charge in [-0.2, -0.15) is 0 Å². The van der Waals surface area contributed by atoms with E-state index in [2.05, 4.69) is 10.6 Å². The molecular weight excluding hydrogens is 336 g/mol. The molecule has 0 spiro atoms. The molecule has 0 unspecified atom stereocenters. The molecule has 26 heavy (non-hydrogen) atoms. The van der Waals surface area contributed by atoms with Crippen molar-refractivity contribution in [3.05, 3.63) is 35.9 Å². The molecule has 2 rings (SSSR count). The smallest absolute Gasteiger partial charge is 0.407 e. The van der Waals surface area contributed by atoms with Crippen LogP contribution in [0.3, 0.4) is 0 Å². The minimum Gasteiger partial charge on any atom is -0.445 e. The molecule has 7 nitrogen and oxygen atoms in total. The van der Waals surface area contributed by atoms with Crippen molar-refractivity contribution in [3.8, 4) is 0 Å². The summed E-state index contributed by atoms with van der Waals surface area (Å²) in [6.45, 7) is 6.48. The van der Waals surface area contributed by atoms with Crippen LogP contribution in [0.25, 0.3) is 0 Å². The zero-order chi connectivity index (χ0) is 19.0. The number of hydrogen-bond donors (Lipinski definition) is 2. The zero-order valence-corrected chi connectivity index (χ0v) is 15.6. The summed E-state index contributed by atoms with van der Waals surface area (Å²) in [5.41, 5.74) is 0.416. The molecule has 0 radical (unpaired) electrons. The Labute approximate surface area is 154 Å². The van der Waals surface area contributed by atoms with Gasteiger partial charge in [-0.1, -0.05) is 30.3 Å². The lowest BCUT2D eigenvalue weighted by Gasteiger charge is -2.30. The first-order valence-corrected chi connectivity index (χ1v) is 8.87. The molecule has 1 aromatic carbocycles. The second-order valence-corrected chi connectivity index (χ2v) is 7.32. The molecular formula is C19H28N2O5. The molecule has 0 aromatic heterocycles. The first-order chi connectivity index (χ1) is 12.3. The minimum atomic E-state index is -0.522. The number of amides is 2. The topological polar surface area (TPSA) is 85.9 Å². The van der Waals surface area contributed by atoms with Gasteiger partial charge in [-0.15, -0.1) is 0 Å². The molecule has 1 aromatic rings. The highest BCUT2D eigenvalue weighted by atomic mass is 16.6. The van der Waals surface area contributed by atoms with Gasteiger partial charge in [0.05, 0.1) is 18.8 Å². The Morgan fingerprint density at radius 3 is 2.50 bits per heavy atom. The van der Waals surface area contributed by atoms with E-state index in [-0.39, 0.29) is 18.8 Å². The number of hydrogen-bond acceptors (Lipinski definition) is 5. The third kappa shape index (κ3) is 7.74. The first kappa shape index (κ1) is 20.0. The van der Waals surface area contributed by atoms with Crippen LogP contribution in [-0.2, 0) is 20.8 Å². The number of rotatable bonds is 5. The van der Waals surface area contributed by atoms with Crippen LogP contribution in [0.4, 0.5) is 9.59 Å². The van der Waals surface area contributed by atoms with E-state index in [1.807, 2.05) is 51.1 Å². The summed E-state index contributed by atoms with van der Waals surface area (Å²) in [6.07, 6.45) is 0.513. The van der Waals surface area contributed by atoms with Crippen molar-refractivity contribution in [3.63, 3.8) is 0 Å². The average molecular weight is 364 g/mol. The van der Waals surface area contributed by atoms with Gasteiger partial charge >= 0.3 is 12.2 Å². The Morgan fingerprint density at radius 1 is 1.15 bits per heavy atom. The number of carbonyl (C=O) groups is 2. The van der Waals surface area contributed by atoms with E-state index in [0.29, 0.717) is 13.2 Å². The van der Waals surface area contributed by atoms with Gasteiger partial charge in [0.2, 0.25) is 0 Å². The van der Waals surface area contributed by atoms with Gasteiger partial charge in [-0.25, -0.2) is 9.59 Å². The summed E-state index contributed by atoms with van der Waals surface area (Å²) in [7, 11) is 0. The maximum absolute atomic E-state index is 11.7. The largest absolute Gasteiger partial charge is 0.445 e. The summed E-state index contributed by atoms with van der Waals surface area (Å²) >= 11 is 0. The second kappa shape index (κ2) is 9.43. The fourth-order valence-corrected chi connectivity index (χ4v) is 2.53. The maximum atomic E-state index is 11.7. The van der Waals surface area contributed by atoms with Gasteiger partial charge < -0.3 is 24.8 Å². The lowest BCUT2D eigenvalue weighted by molar-refractivity contribution is -0.00710. The lowest BCUT2D eigenvalue weighted by Crippen LogP contribution is -2.46. The number of nitrogens with one attached hydrogen (secondary N) is 2. The van der Waals surface area contributed by atoms with E-state index in [0.717, 1.165) is 18.4 Å². The van der Waals surface area contributed by atoms with Crippen LogP contribution < -0.4 is 10.6 Å².